The molecule has 0 bridgehead atoms. The number of hydrogen-bond acceptors (Lipinski definition) is 4. The highest BCUT2D eigenvalue weighted by Crippen LogP contribution is 2.39. The molecule has 1 fully saturated rings. The summed E-state index contributed by atoms with van der Waals surface area (Å²) in [5, 5.41) is 16.0. The fourth-order valence-corrected chi connectivity index (χ4v) is 2.57. The third-order valence-corrected chi connectivity index (χ3v) is 3.28. The van der Waals surface area contributed by atoms with Crippen LogP contribution in [0.15, 0.2) is 0 Å². The van der Waals surface area contributed by atoms with Gasteiger partial charge in [-0.05, 0) is 18.8 Å². The summed E-state index contributed by atoms with van der Waals surface area (Å²) in [4.78, 5) is 14.7. The first-order chi connectivity index (χ1) is 7.25. The van der Waals surface area contributed by atoms with Gasteiger partial charge in [0.15, 0.2) is 0 Å². The lowest BCUT2D eigenvalue weighted by Gasteiger charge is -2.26. The number of nitrogens with one attached hydrogen (secondary N) is 1. The first-order valence-corrected chi connectivity index (χ1v) is 5.19. The van der Waals surface area contributed by atoms with Crippen LogP contribution in [0.2, 0.25) is 0 Å². The van der Waals surface area contributed by atoms with Crippen LogP contribution in [0.5, 0.6) is 0 Å². The topological polar surface area (TPSA) is 80.0 Å². The number of aromatic nitrogens is 3. The van der Waals surface area contributed by atoms with Crippen LogP contribution < -0.4 is 5.32 Å². The van der Waals surface area contributed by atoms with Gasteiger partial charge in [0.05, 0.1) is 6.04 Å². The van der Waals surface area contributed by atoms with Crippen LogP contribution in [0, 0.1) is 5.92 Å². The van der Waals surface area contributed by atoms with Crippen LogP contribution in [0.1, 0.15) is 35.9 Å². The van der Waals surface area contributed by atoms with Gasteiger partial charge in [0, 0.05) is 6.54 Å². The molecule has 6 heteroatoms. The van der Waals surface area contributed by atoms with Gasteiger partial charge >= 0.3 is 5.97 Å². The minimum Gasteiger partial charge on any atom is -0.475 e. The monoisotopic (exact) mass is 208 g/mol. The zero-order valence-electron chi connectivity index (χ0n) is 8.18. The second kappa shape index (κ2) is 2.95. The molecule has 15 heavy (non-hydrogen) atoms. The molecule has 6 nitrogen and oxygen atoms in total. The Morgan fingerprint density at radius 3 is 3.20 bits per heavy atom. The molecule has 3 rings (SSSR count). The molecule has 0 spiro atoms. The standard InChI is InChI=1S/C9H12N4O2/c14-8(15)7-11-9-10-4-5-2-1-3-6(5)13(9)12-7/h5-6H,1-4H2,(H,14,15)(H,10,11,12). The van der Waals surface area contributed by atoms with E-state index in [1.54, 1.807) is 4.68 Å². The summed E-state index contributed by atoms with van der Waals surface area (Å²) in [6.45, 7) is 0.891. The van der Waals surface area contributed by atoms with E-state index in [0.717, 1.165) is 13.0 Å². The van der Waals surface area contributed by atoms with Gasteiger partial charge in [0.1, 0.15) is 0 Å². The highest BCUT2D eigenvalue weighted by Gasteiger charge is 2.35. The van der Waals surface area contributed by atoms with Crippen LogP contribution in [-0.2, 0) is 0 Å². The van der Waals surface area contributed by atoms with Gasteiger partial charge in [-0.2, -0.15) is 4.98 Å². The van der Waals surface area contributed by atoms with E-state index in [-0.39, 0.29) is 5.82 Å². The van der Waals surface area contributed by atoms with E-state index in [9.17, 15) is 4.79 Å². The summed E-state index contributed by atoms with van der Waals surface area (Å²) in [5.41, 5.74) is 0. The minimum atomic E-state index is -1.06. The van der Waals surface area contributed by atoms with E-state index in [1.807, 2.05) is 0 Å². The Balaban J connectivity index is 2.02. The van der Waals surface area contributed by atoms with Crippen molar-refractivity contribution in [3.8, 4) is 0 Å². The van der Waals surface area contributed by atoms with Crippen LogP contribution in [0.4, 0.5) is 5.95 Å². The second-order valence-electron chi connectivity index (χ2n) is 4.15. The van der Waals surface area contributed by atoms with Gasteiger partial charge in [-0.25, -0.2) is 9.48 Å². The van der Waals surface area contributed by atoms with E-state index in [0.29, 0.717) is 17.9 Å². The Labute approximate surface area is 86.3 Å². The number of carboxylic acids is 1. The summed E-state index contributed by atoms with van der Waals surface area (Å²) >= 11 is 0. The molecule has 1 aliphatic carbocycles. The van der Waals surface area contributed by atoms with Crippen molar-refractivity contribution in [2.45, 2.75) is 25.3 Å². The van der Waals surface area contributed by atoms with Gasteiger partial charge in [0.2, 0.25) is 5.95 Å². The third kappa shape index (κ3) is 1.20. The molecule has 0 radical (unpaired) electrons. The first-order valence-electron chi connectivity index (χ1n) is 5.19. The predicted octanol–water partition coefficient (Wildman–Crippen LogP) is 0.743. The Hall–Kier alpha value is -1.59. The normalized spacial score (nSPS) is 28.0. The number of carboxylic acid groups (broad SMARTS) is 1. The number of aromatic carboxylic acids is 1. The molecule has 0 aromatic carbocycles. The van der Waals surface area contributed by atoms with Gasteiger partial charge in [-0.1, -0.05) is 6.42 Å². The molecule has 1 aromatic rings. The Bertz CT molecular complexity index is 414. The van der Waals surface area contributed by atoms with Crippen LogP contribution in [-0.4, -0.2) is 32.4 Å². The fraction of sp³-hybridized carbons (Fsp3) is 0.667. The molecule has 1 aromatic heterocycles. The quantitative estimate of drug-likeness (QED) is 0.711. The van der Waals surface area contributed by atoms with Gasteiger partial charge in [0.25, 0.3) is 5.82 Å². The van der Waals surface area contributed by atoms with Crippen molar-refractivity contribution < 1.29 is 9.90 Å². The average Bonchev–Trinajstić information content (AvgIpc) is 2.82. The van der Waals surface area contributed by atoms with Gasteiger partial charge in [-0.3, -0.25) is 0 Å². The Kier molecular flexibility index (Phi) is 1.71. The van der Waals surface area contributed by atoms with Crippen molar-refractivity contribution in [2.75, 3.05) is 11.9 Å². The van der Waals surface area contributed by atoms with Gasteiger partial charge in [-0.15, -0.1) is 5.10 Å². The fourth-order valence-electron chi connectivity index (χ4n) is 2.57. The molecule has 2 aliphatic rings. The molecule has 80 valence electrons. The summed E-state index contributed by atoms with van der Waals surface area (Å²) < 4.78 is 1.75. The van der Waals surface area contributed by atoms with Crippen LogP contribution in [0.25, 0.3) is 0 Å². The van der Waals surface area contributed by atoms with E-state index < -0.39 is 5.97 Å². The van der Waals surface area contributed by atoms with E-state index in [4.69, 9.17) is 5.11 Å². The first kappa shape index (κ1) is 8.70. The maximum absolute atomic E-state index is 10.7. The van der Waals surface area contributed by atoms with Crippen LogP contribution >= 0.6 is 0 Å². The maximum Gasteiger partial charge on any atom is 0.375 e. The smallest absolute Gasteiger partial charge is 0.375 e. The summed E-state index contributed by atoms with van der Waals surface area (Å²) in [6, 6.07) is 0.349. The minimum absolute atomic E-state index is 0.106. The number of fused-ring (bicyclic) bond motifs is 3. The number of carbonyl (C=O) groups is 1. The molecule has 1 aliphatic heterocycles. The molecule has 0 amide bonds. The zero-order valence-corrected chi connectivity index (χ0v) is 8.18. The van der Waals surface area contributed by atoms with Crippen LogP contribution in [0.3, 0.4) is 0 Å². The molecular weight excluding hydrogens is 196 g/mol. The SMILES string of the molecule is O=C(O)c1nc2n(n1)C1CCCC1CN2. The largest absolute Gasteiger partial charge is 0.475 e. The molecule has 2 unspecified atom stereocenters. The molecule has 2 heterocycles. The summed E-state index contributed by atoms with van der Waals surface area (Å²) in [5.74, 6) is 0.0229. The highest BCUT2D eigenvalue weighted by atomic mass is 16.4. The molecule has 2 N–H and O–H groups in total. The van der Waals surface area contributed by atoms with Crippen molar-refractivity contribution in [1.82, 2.24) is 14.8 Å². The lowest BCUT2D eigenvalue weighted by molar-refractivity contribution is 0.0683. The Morgan fingerprint density at radius 1 is 1.53 bits per heavy atom. The van der Waals surface area contributed by atoms with Crippen molar-refractivity contribution in [1.29, 1.82) is 0 Å². The lowest BCUT2D eigenvalue weighted by atomic mass is 10.0. The van der Waals surface area contributed by atoms with Gasteiger partial charge < -0.3 is 10.4 Å². The Morgan fingerprint density at radius 2 is 2.40 bits per heavy atom. The van der Waals surface area contributed by atoms with E-state index >= 15 is 0 Å². The number of nitrogens with zero attached hydrogens (tertiary/aromatic N) is 3. The number of anilines is 1. The van der Waals surface area contributed by atoms with Crippen molar-refractivity contribution in [3.05, 3.63) is 5.82 Å². The maximum atomic E-state index is 10.7. The summed E-state index contributed by atoms with van der Waals surface area (Å²) in [7, 11) is 0. The average molecular weight is 208 g/mol. The second-order valence-corrected chi connectivity index (χ2v) is 4.15. The predicted molar refractivity (Wildman–Crippen MR) is 51.8 cm³/mol. The third-order valence-electron chi connectivity index (χ3n) is 3.28. The lowest BCUT2D eigenvalue weighted by Crippen LogP contribution is -2.29. The summed E-state index contributed by atoms with van der Waals surface area (Å²) in [6.07, 6.45) is 3.47. The number of hydrogen-bond donors (Lipinski definition) is 2. The van der Waals surface area contributed by atoms with E-state index in [2.05, 4.69) is 15.4 Å². The number of rotatable bonds is 1. The zero-order chi connectivity index (χ0) is 10.4. The highest BCUT2D eigenvalue weighted by molar-refractivity contribution is 5.83. The van der Waals surface area contributed by atoms with Crippen molar-refractivity contribution >= 4 is 11.9 Å². The van der Waals surface area contributed by atoms with Crippen molar-refractivity contribution in [3.63, 3.8) is 0 Å². The molecule has 2 atom stereocenters. The molecular formula is C9H12N4O2. The molecule has 1 saturated carbocycles. The van der Waals surface area contributed by atoms with Crippen molar-refractivity contribution in [2.24, 2.45) is 5.92 Å². The van der Waals surface area contributed by atoms with E-state index in [1.165, 1.54) is 12.8 Å². The molecule has 0 saturated heterocycles.